The molecule has 1 aromatic rings. The summed E-state index contributed by atoms with van der Waals surface area (Å²) in [6, 6.07) is 3.88. The highest BCUT2D eigenvalue weighted by atomic mass is 16.5. The average molecular weight is 305 g/mol. The van der Waals surface area contributed by atoms with E-state index in [0.29, 0.717) is 30.8 Å². The first-order valence-corrected chi connectivity index (χ1v) is 7.65. The van der Waals surface area contributed by atoms with Crippen LogP contribution in [0.15, 0.2) is 10.5 Å². The molecule has 1 aliphatic rings. The lowest BCUT2D eigenvalue weighted by molar-refractivity contribution is 0.0326. The second kappa shape index (κ2) is 7.97. The van der Waals surface area contributed by atoms with E-state index in [1.807, 2.05) is 6.92 Å². The van der Waals surface area contributed by atoms with E-state index in [0.717, 1.165) is 38.6 Å². The fraction of sp³-hybridized carbons (Fsp3) is 0.625. The molecule has 0 N–H and O–H groups in total. The van der Waals surface area contributed by atoms with Crippen LogP contribution >= 0.6 is 0 Å². The van der Waals surface area contributed by atoms with Crippen molar-refractivity contribution in [2.45, 2.75) is 20.3 Å². The Morgan fingerprint density at radius 2 is 2.09 bits per heavy atom. The number of carbonyl (C=O) groups is 1. The van der Waals surface area contributed by atoms with Gasteiger partial charge in [0.25, 0.3) is 5.91 Å². The highest BCUT2D eigenvalue weighted by molar-refractivity contribution is 5.95. The minimum absolute atomic E-state index is 0.0575. The summed E-state index contributed by atoms with van der Waals surface area (Å²) in [5.41, 5.74) is 0.595. The zero-order chi connectivity index (χ0) is 15.9. The van der Waals surface area contributed by atoms with Gasteiger partial charge in [0, 0.05) is 32.7 Å². The highest BCUT2D eigenvalue weighted by Gasteiger charge is 2.21. The molecule has 0 bridgehead atoms. The lowest BCUT2D eigenvalue weighted by atomic mass is 10.2. The maximum Gasteiger partial charge on any atom is 0.257 e. The molecule has 0 unspecified atom stereocenters. The van der Waals surface area contributed by atoms with E-state index < -0.39 is 0 Å². The van der Waals surface area contributed by atoms with Gasteiger partial charge in [0.2, 0.25) is 0 Å². The van der Waals surface area contributed by atoms with Gasteiger partial charge in [-0.1, -0.05) is 0 Å². The van der Waals surface area contributed by atoms with Crippen LogP contribution in [-0.2, 0) is 4.74 Å². The SMILES string of the molecule is Cc1cc(C(=O)N(CCC#N)CCN2CCOCC2)c(C)o1. The minimum atomic E-state index is -0.0575. The molecule has 0 aliphatic carbocycles. The van der Waals surface area contributed by atoms with Crippen molar-refractivity contribution in [3.05, 3.63) is 23.2 Å². The van der Waals surface area contributed by atoms with Gasteiger partial charge in [-0.2, -0.15) is 5.26 Å². The zero-order valence-electron chi connectivity index (χ0n) is 13.3. The Bertz CT molecular complexity index is 541. The van der Waals surface area contributed by atoms with Crippen molar-refractivity contribution in [2.75, 3.05) is 45.9 Å². The summed E-state index contributed by atoms with van der Waals surface area (Å²) < 4.78 is 10.8. The maximum absolute atomic E-state index is 12.7. The van der Waals surface area contributed by atoms with Crippen LogP contribution in [0.4, 0.5) is 0 Å². The summed E-state index contributed by atoms with van der Waals surface area (Å²) in [4.78, 5) is 16.7. The Hall–Kier alpha value is -1.84. The largest absolute Gasteiger partial charge is 0.466 e. The molecule has 1 aromatic heterocycles. The highest BCUT2D eigenvalue weighted by Crippen LogP contribution is 2.16. The molecular formula is C16H23N3O3. The maximum atomic E-state index is 12.7. The Labute approximate surface area is 131 Å². The number of furan rings is 1. The fourth-order valence-electron chi connectivity index (χ4n) is 2.60. The molecule has 1 amide bonds. The number of nitriles is 1. The molecular weight excluding hydrogens is 282 g/mol. The van der Waals surface area contributed by atoms with Gasteiger partial charge in [-0.3, -0.25) is 9.69 Å². The Balaban J connectivity index is 1.99. The predicted octanol–water partition coefficient (Wildman–Crippen LogP) is 1.58. The fourth-order valence-corrected chi connectivity index (χ4v) is 2.60. The van der Waals surface area contributed by atoms with E-state index in [1.165, 1.54) is 0 Å². The number of rotatable bonds is 6. The zero-order valence-corrected chi connectivity index (χ0v) is 13.3. The molecule has 1 aliphatic heterocycles. The number of nitrogens with zero attached hydrogens (tertiary/aromatic N) is 3. The third-order valence-electron chi connectivity index (χ3n) is 3.84. The quantitative estimate of drug-likeness (QED) is 0.798. The monoisotopic (exact) mass is 305 g/mol. The number of ether oxygens (including phenoxy) is 1. The molecule has 0 aromatic carbocycles. The molecule has 1 saturated heterocycles. The summed E-state index contributed by atoms with van der Waals surface area (Å²) in [6.07, 6.45) is 0.338. The smallest absolute Gasteiger partial charge is 0.257 e. The first kappa shape index (κ1) is 16.5. The van der Waals surface area contributed by atoms with E-state index in [-0.39, 0.29) is 5.91 Å². The van der Waals surface area contributed by atoms with Crippen LogP contribution in [0.3, 0.4) is 0 Å². The van der Waals surface area contributed by atoms with Gasteiger partial charge in [-0.25, -0.2) is 0 Å². The summed E-state index contributed by atoms with van der Waals surface area (Å²) in [5.74, 6) is 1.31. The molecule has 0 spiro atoms. The predicted molar refractivity (Wildman–Crippen MR) is 81.6 cm³/mol. The standard InChI is InChI=1S/C16H23N3O3/c1-13-12-15(14(2)22-13)16(20)19(5-3-4-17)7-6-18-8-10-21-11-9-18/h12H,3,5-11H2,1-2H3. The minimum Gasteiger partial charge on any atom is -0.466 e. The number of morpholine rings is 1. The van der Waals surface area contributed by atoms with Crippen molar-refractivity contribution < 1.29 is 13.9 Å². The number of hydrogen-bond donors (Lipinski definition) is 0. The van der Waals surface area contributed by atoms with E-state index in [4.69, 9.17) is 14.4 Å². The lowest BCUT2D eigenvalue weighted by Crippen LogP contribution is -2.43. The third kappa shape index (κ3) is 4.33. The molecule has 0 atom stereocenters. The van der Waals surface area contributed by atoms with Gasteiger partial charge >= 0.3 is 0 Å². The normalized spacial score (nSPS) is 15.5. The number of amides is 1. The summed E-state index contributed by atoms with van der Waals surface area (Å²) >= 11 is 0. The van der Waals surface area contributed by atoms with Crippen molar-refractivity contribution in [3.8, 4) is 6.07 Å². The molecule has 22 heavy (non-hydrogen) atoms. The summed E-state index contributed by atoms with van der Waals surface area (Å²) in [6.45, 7) is 8.76. The second-order valence-electron chi connectivity index (χ2n) is 5.48. The Morgan fingerprint density at radius 1 is 1.36 bits per heavy atom. The molecule has 1 fully saturated rings. The van der Waals surface area contributed by atoms with Crippen LogP contribution in [0.25, 0.3) is 0 Å². The molecule has 2 heterocycles. The molecule has 0 saturated carbocycles. The van der Waals surface area contributed by atoms with E-state index in [9.17, 15) is 4.79 Å². The summed E-state index contributed by atoms with van der Waals surface area (Å²) in [7, 11) is 0. The average Bonchev–Trinajstić information content (AvgIpc) is 2.86. The molecule has 0 radical (unpaired) electrons. The van der Waals surface area contributed by atoms with Crippen LogP contribution in [0, 0.1) is 25.2 Å². The van der Waals surface area contributed by atoms with Crippen molar-refractivity contribution in [1.29, 1.82) is 5.26 Å². The van der Waals surface area contributed by atoms with Gasteiger partial charge < -0.3 is 14.1 Å². The van der Waals surface area contributed by atoms with Crippen LogP contribution < -0.4 is 0 Å². The Morgan fingerprint density at radius 3 is 2.68 bits per heavy atom. The van der Waals surface area contributed by atoms with Crippen molar-refractivity contribution in [2.24, 2.45) is 0 Å². The van der Waals surface area contributed by atoms with Crippen LogP contribution in [0.1, 0.15) is 28.3 Å². The van der Waals surface area contributed by atoms with E-state index >= 15 is 0 Å². The van der Waals surface area contributed by atoms with E-state index in [2.05, 4.69) is 11.0 Å². The number of hydrogen-bond acceptors (Lipinski definition) is 5. The van der Waals surface area contributed by atoms with E-state index in [1.54, 1.807) is 17.9 Å². The first-order chi connectivity index (χ1) is 10.6. The first-order valence-electron chi connectivity index (χ1n) is 7.65. The summed E-state index contributed by atoms with van der Waals surface area (Å²) in [5, 5.41) is 8.81. The number of aryl methyl sites for hydroxylation is 2. The van der Waals surface area contributed by atoms with Gasteiger partial charge in [0.15, 0.2) is 0 Å². The van der Waals surface area contributed by atoms with Crippen molar-refractivity contribution in [3.63, 3.8) is 0 Å². The van der Waals surface area contributed by atoms with Gasteiger partial charge in [-0.15, -0.1) is 0 Å². The molecule has 6 heteroatoms. The van der Waals surface area contributed by atoms with Gasteiger partial charge in [-0.05, 0) is 19.9 Å². The van der Waals surface area contributed by atoms with Crippen molar-refractivity contribution >= 4 is 5.91 Å². The van der Waals surface area contributed by atoms with Crippen molar-refractivity contribution in [1.82, 2.24) is 9.80 Å². The van der Waals surface area contributed by atoms with Crippen LogP contribution in [-0.4, -0.2) is 61.6 Å². The van der Waals surface area contributed by atoms with Gasteiger partial charge in [0.1, 0.15) is 11.5 Å². The topological polar surface area (TPSA) is 69.7 Å². The lowest BCUT2D eigenvalue weighted by Gasteiger charge is -2.29. The van der Waals surface area contributed by atoms with Crippen LogP contribution in [0.5, 0.6) is 0 Å². The van der Waals surface area contributed by atoms with Gasteiger partial charge in [0.05, 0.1) is 31.3 Å². The van der Waals surface area contributed by atoms with Crippen LogP contribution in [0.2, 0.25) is 0 Å². The molecule has 120 valence electrons. The second-order valence-corrected chi connectivity index (χ2v) is 5.48. The number of carbonyl (C=O) groups excluding carboxylic acids is 1. The molecule has 6 nitrogen and oxygen atoms in total. The third-order valence-corrected chi connectivity index (χ3v) is 3.84. The molecule has 2 rings (SSSR count). The Kier molecular flexibility index (Phi) is 5.99.